The Hall–Kier alpha value is -1.31. The van der Waals surface area contributed by atoms with Crippen LogP contribution in [0.1, 0.15) is 24.8 Å². The molecule has 0 saturated heterocycles. The maximum absolute atomic E-state index is 10.9. The van der Waals surface area contributed by atoms with E-state index < -0.39 is 11.4 Å². The van der Waals surface area contributed by atoms with Gasteiger partial charge in [0.2, 0.25) is 0 Å². The van der Waals surface area contributed by atoms with Gasteiger partial charge in [-0.2, -0.15) is 0 Å². The number of carboxylic acids is 1. The van der Waals surface area contributed by atoms with E-state index >= 15 is 0 Å². The van der Waals surface area contributed by atoms with Crippen molar-refractivity contribution in [2.24, 2.45) is 5.41 Å². The number of benzene rings is 1. The summed E-state index contributed by atoms with van der Waals surface area (Å²) in [5.74, 6) is -0.465. The van der Waals surface area contributed by atoms with Crippen molar-refractivity contribution < 1.29 is 9.90 Å². The average molecular weight is 176 g/mol. The van der Waals surface area contributed by atoms with Crippen LogP contribution in [0.5, 0.6) is 0 Å². The zero-order valence-electron chi connectivity index (χ0n) is 7.53. The van der Waals surface area contributed by atoms with Gasteiger partial charge in [-0.05, 0) is 18.9 Å². The summed E-state index contributed by atoms with van der Waals surface area (Å²) >= 11 is 0. The van der Waals surface area contributed by atoms with Crippen LogP contribution in [0.15, 0.2) is 30.3 Å². The van der Waals surface area contributed by atoms with Crippen molar-refractivity contribution in [1.82, 2.24) is 0 Å². The molecule has 0 bridgehead atoms. The molecular weight excluding hydrogens is 164 g/mol. The lowest BCUT2D eigenvalue weighted by Crippen LogP contribution is -2.12. The molecule has 1 aliphatic carbocycles. The number of carbonyl (C=O) groups is 1. The molecule has 0 heterocycles. The Morgan fingerprint density at radius 3 is 2.54 bits per heavy atom. The third-order valence-electron chi connectivity index (χ3n) is 2.93. The van der Waals surface area contributed by atoms with Crippen LogP contribution in [0.25, 0.3) is 0 Å². The highest BCUT2D eigenvalue weighted by atomic mass is 16.4. The predicted molar refractivity (Wildman–Crippen MR) is 49.5 cm³/mol. The molecule has 2 rings (SSSR count). The van der Waals surface area contributed by atoms with Gasteiger partial charge in [0.1, 0.15) is 0 Å². The smallest absolute Gasteiger partial charge is 0.309 e. The molecule has 1 unspecified atom stereocenters. The van der Waals surface area contributed by atoms with Gasteiger partial charge in [0.25, 0.3) is 0 Å². The van der Waals surface area contributed by atoms with Gasteiger partial charge in [0.05, 0.1) is 5.41 Å². The topological polar surface area (TPSA) is 37.3 Å². The van der Waals surface area contributed by atoms with E-state index in [1.165, 1.54) is 0 Å². The lowest BCUT2D eigenvalue weighted by Gasteiger charge is -2.04. The molecule has 0 aliphatic heterocycles. The van der Waals surface area contributed by atoms with E-state index in [1.807, 2.05) is 37.3 Å². The molecule has 0 radical (unpaired) electrons. The van der Waals surface area contributed by atoms with E-state index in [0.29, 0.717) is 0 Å². The lowest BCUT2D eigenvalue weighted by molar-refractivity contribution is -0.142. The third-order valence-corrected chi connectivity index (χ3v) is 2.93. The first-order valence-corrected chi connectivity index (χ1v) is 4.43. The molecule has 2 heteroatoms. The van der Waals surface area contributed by atoms with E-state index in [2.05, 4.69) is 0 Å². The van der Waals surface area contributed by atoms with Gasteiger partial charge in [0, 0.05) is 5.92 Å². The lowest BCUT2D eigenvalue weighted by atomic mass is 10.0. The monoisotopic (exact) mass is 176 g/mol. The normalized spacial score (nSPS) is 31.3. The van der Waals surface area contributed by atoms with Crippen molar-refractivity contribution in [2.75, 3.05) is 0 Å². The van der Waals surface area contributed by atoms with Gasteiger partial charge in [-0.3, -0.25) is 4.79 Å². The van der Waals surface area contributed by atoms with Crippen LogP contribution in [0.2, 0.25) is 0 Å². The zero-order valence-corrected chi connectivity index (χ0v) is 7.53. The van der Waals surface area contributed by atoms with Gasteiger partial charge < -0.3 is 5.11 Å². The highest BCUT2D eigenvalue weighted by Gasteiger charge is 2.56. The molecule has 0 spiro atoms. The molecule has 2 atom stereocenters. The number of carboxylic acid groups (broad SMARTS) is 1. The SMILES string of the molecule is CC1(C(=O)O)C[C@@H]1c1ccccc1. The highest BCUT2D eigenvalue weighted by Crippen LogP contribution is 2.58. The molecule has 1 saturated carbocycles. The van der Waals surface area contributed by atoms with Crippen LogP contribution < -0.4 is 0 Å². The summed E-state index contributed by atoms with van der Waals surface area (Å²) in [5, 5.41) is 8.94. The van der Waals surface area contributed by atoms with E-state index in [-0.39, 0.29) is 5.92 Å². The van der Waals surface area contributed by atoms with Crippen LogP contribution in [0.4, 0.5) is 0 Å². The fourth-order valence-corrected chi connectivity index (χ4v) is 1.77. The first kappa shape index (κ1) is 8.30. The van der Waals surface area contributed by atoms with Crippen molar-refractivity contribution in [1.29, 1.82) is 0 Å². The van der Waals surface area contributed by atoms with Crippen molar-refractivity contribution in [3.63, 3.8) is 0 Å². The predicted octanol–water partition coefficient (Wildman–Crippen LogP) is 2.26. The second-order valence-corrected chi connectivity index (χ2v) is 3.89. The van der Waals surface area contributed by atoms with Crippen molar-refractivity contribution in [3.05, 3.63) is 35.9 Å². The molecule has 0 amide bonds. The number of rotatable bonds is 2. The number of hydrogen-bond acceptors (Lipinski definition) is 1. The summed E-state index contributed by atoms with van der Waals surface area (Å²) in [6.07, 6.45) is 0.770. The molecule has 13 heavy (non-hydrogen) atoms. The quantitative estimate of drug-likeness (QED) is 0.750. The third kappa shape index (κ3) is 1.22. The van der Waals surface area contributed by atoms with E-state index in [1.54, 1.807) is 0 Å². The molecule has 1 aliphatic rings. The molecule has 1 N–H and O–H groups in total. The van der Waals surface area contributed by atoms with Gasteiger partial charge in [-0.25, -0.2) is 0 Å². The standard InChI is InChI=1S/C11H12O2/c1-11(10(12)13)7-9(11)8-5-3-2-4-6-8/h2-6,9H,7H2,1H3,(H,12,13)/t9-,11?/m1/s1. The summed E-state index contributed by atoms with van der Waals surface area (Å²) < 4.78 is 0. The van der Waals surface area contributed by atoms with Gasteiger partial charge >= 0.3 is 5.97 Å². The van der Waals surface area contributed by atoms with Crippen molar-refractivity contribution >= 4 is 5.97 Å². The van der Waals surface area contributed by atoms with E-state index in [0.717, 1.165) is 12.0 Å². The summed E-state index contributed by atoms with van der Waals surface area (Å²) in [7, 11) is 0. The van der Waals surface area contributed by atoms with Crippen molar-refractivity contribution in [3.8, 4) is 0 Å². The Morgan fingerprint density at radius 2 is 2.08 bits per heavy atom. The van der Waals surface area contributed by atoms with Crippen molar-refractivity contribution in [2.45, 2.75) is 19.3 Å². The molecule has 1 aromatic rings. The summed E-state index contributed by atoms with van der Waals surface area (Å²) in [5.41, 5.74) is 0.633. The van der Waals surface area contributed by atoms with Gasteiger partial charge in [-0.1, -0.05) is 30.3 Å². The number of aliphatic carboxylic acids is 1. The fourth-order valence-electron chi connectivity index (χ4n) is 1.77. The Bertz CT molecular complexity index is 331. The minimum absolute atomic E-state index is 0.214. The highest BCUT2D eigenvalue weighted by molar-refractivity contribution is 5.79. The summed E-state index contributed by atoms with van der Waals surface area (Å²) in [4.78, 5) is 10.9. The average Bonchev–Trinajstić information content (AvgIpc) is 2.81. The largest absolute Gasteiger partial charge is 0.481 e. The van der Waals surface area contributed by atoms with Crippen LogP contribution in [-0.4, -0.2) is 11.1 Å². The Morgan fingerprint density at radius 1 is 1.46 bits per heavy atom. The molecule has 1 aromatic carbocycles. The molecule has 2 nitrogen and oxygen atoms in total. The van der Waals surface area contributed by atoms with Crippen LogP contribution in [0, 0.1) is 5.41 Å². The Balaban J connectivity index is 2.21. The molecule has 1 fully saturated rings. The molecule has 0 aromatic heterocycles. The first-order chi connectivity index (χ1) is 6.14. The second kappa shape index (κ2) is 2.59. The zero-order chi connectivity index (χ0) is 9.47. The Kier molecular flexibility index (Phi) is 1.65. The van der Waals surface area contributed by atoms with E-state index in [9.17, 15) is 4.79 Å². The maximum Gasteiger partial charge on any atom is 0.309 e. The minimum atomic E-state index is -0.679. The van der Waals surface area contributed by atoms with Gasteiger partial charge in [0.15, 0.2) is 0 Å². The first-order valence-electron chi connectivity index (χ1n) is 4.43. The molecule has 68 valence electrons. The fraction of sp³-hybridized carbons (Fsp3) is 0.364. The number of hydrogen-bond donors (Lipinski definition) is 1. The Labute approximate surface area is 77.2 Å². The van der Waals surface area contributed by atoms with E-state index in [4.69, 9.17) is 5.11 Å². The van der Waals surface area contributed by atoms with Gasteiger partial charge in [-0.15, -0.1) is 0 Å². The van der Waals surface area contributed by atoms with Crippen LogP contribution in [-0.2, 0) is 4.79 Å². The second-order valence-electron chi connectivity index (χ2n) is 3.89. The summed E-state index contributed by atoms with van der Waals surface area (Å²) in [6, 6.07) is 9.85. The van der Waals surface area contributed by atoms with Crippen LogP contribution >= 0.6 is 0 Å². The minimum Gasteiger partial charge on any atom is -0.481 e. The van der Waals surface area contributed by atoms with Crippen LogP contribution in [0.3, 0.4) is 0 Å². The summed E-state index contributed by atoms with van der Waals surface area (Å²) in [6.45, 7) is 1.81. The molecular formula is C11H12O2. The maximum atomic E-state index is 10.9.